The number of nitrogen functional groups attached to an aromatic ring is 1. The van der Waals surface area contributed by atoms with E-state index < -0.39 is 0 Å². The lowest BCUT2D eigenvalue weighted by atomic mass is 9.82. The minimum atomic E-state index is -0.357. The average molecular weight is 251 g/mol. The van der Waals surface area contributed by atoms with Gasteiger partial charge in [0.05, 0.1) is 6.10 Å². The SMILES string of the molecule is Cc1cc(OC2CC(C)CC(C)C2)c(F)cc1N. The molecule has 1 aromatic carbocycles. The summed E-state index contributed by atoms with van der Waals surface area (Å²) < 4.78 is 19.6. The maximum absolute atomic E-state index is 13.8. The van der Waals surface area contributed by atoms with Crippen molar-refractivity contribution in [3.8, 4) is 5.75 Å². The Balaban J connectivity index is 2.11. The molecule has 1 fully saturated rings. The van der Waals surface area contributed by atoms with E-state index in [0.717, 1.165) is 18.4 Å². The van der Waals surface area contributed by atoms with Crippen molar-refractivity contribution in [2.75, 3.05) is 5.73 Å². The van der Waals surface area contributed by atoms with E-state index in [1.165, 1.54) is 12.5 Å². The molecule has 2 rings (SSSR count). The lowest BCUT2D eigenvalue weighted by Crippen LogP contribution is -2.28. The molecular weight excluding hydrogens is 229 g/mol. The molecule has 18 heavy (non-hydrogen) atoms. The Bertz CT molecular complexity index is 423. The number of hydrogen-bond acceptors (Lipinski definition) is 2. The van der Waals surface area contributed by atoms with Gasteiger partial charge < -0.3 is 10.5 Å². The second kappa shape index (κ2) is 5.17. The minimum absolute atomic E-state index is 0.126. The third kappa shape index (κ3) is 2.95. The first-order valence-electron chi connectivity index (χ1n) is 6.68. The highest BCUT2D eigenvalue weighted by Gasteiger charge is 2.26. The Morgan fingerprint density at radius 1 is 1.17 bits per heavy atom. The van der Waals surface area contributed by atoms with E-state index in [9.17, 15) is 4.39 Å². The van der Waals surface area contributed by atoms with Crippen LogP contribution in [0.25, 0.3) is 0 Å². The van der Waals surface area contributed by atoms with Gasteiger partial charge in [0.1, 0.15) is 0 Å². The molecule has 0 heterocycles. The van der Waals surface area contributed by atoms with Crippen LogP contribution < -0.4 is 10.5 Å². The molecule has 100 valence electrons. The maximum Gasteiger partial charge on any atom is 0.167 e. The Morgan fingerprint density at radius 3 is 2.39 bits per heavy atom. The van der Waals surface area contributed by atoms with Gasteiger partial charge in [0.25, 0.3) is 0 Å². The van der Waals surface area contributed by atoms with Crippen molar-refractivity contribution in [1.29, 1.82) is 0 Å². The highest BCUT2D eigenvalue weighted by atomic mass is 19.1. The number of rotatable bonds is 2. The van der Waals surface area contributed by atoms with E-state index in [1.54, 1.807) is 6.07 Å². The molecule has 1 aliphatic carbocycles. The van der Waals surface area contributed by atoms with E-state index in [-0.39, 0.29) is 11.9 Å². The van der Waals surface area contributed by atoms with E-state index in [1.807, 2.05) is 6.92 Å². The Kier molecular flexibility index (Phi) is 3.79. The van der Waals surface area contributed by atoms with Crippen LogP contribution in [0.5, 0.6) is 5.75 Å². The quantitative estimate of drug-likeness (QED) is 0.808. The van der Waals surface area contributed by atoms with Crippen molar-refractivity contribution in [1.82, 2.24) is 0 Å². The van der Waals surface area contributed by atoms with Gasteiger partial charge >= 0.3 is 0 Å². The monoisotopic (exact) mass is 251 g/mol. The number of aryl methyl sites for hydroxylation is 1. The van der Waals surface area contributed by atoms with E-state index in [0.29, 0.717) is 23.3 Å². The fourth-order valence-electron chi connectivity index (χ4n) is 2.91. The van der Waals surface area contributed by atoms with Gasteiger partial charge in [-0.25, -0.2) is 4.39 Å². The van der Waals surface area contributed by atoms with Gasteiger partial charge in [0, 0.05) is 11.8 Å². The van der Waals surface area contributed by atoms with Gasteiger partial charge in [-0.2, -0.15) is 0 Å². The summed E-state index contributed by atoms with van der Waals surface area (Å²) >= 11 is 0. The minimum Gasteiger partial charge on any atom is -0.487 e. The molecule has 0 saturated heterocycles. The fraction of sp³-hybridized carbons (Fsp3) is 0.600. The number of anilines is 1. The van der Waals surface area contributed by atoms with Gasteiger partial charge in [0.2, 0.25) is 0 Å². The molecule has 3 heteroatoms. The predicted octanol–water partition coefficient (Wildman–Crippen LogP) is 3.92. The van der Waals surface area contributed by atoms with Crippen LogP contribution in [0.2, 0.25) is 0 Å². The van der Waals surface area contributed by atoms with Crippen molar-refractivity contribution < 1.29 is 9.13 Å². The lowest BCUT2D eigenvalue weighted by molar-refractivity contribution is 0.0970. The van der Waals surface area contributed by atoms with Crippen molar-refractivity contribution in [3.63, 3.8) is 0 Å². The Morgan fingerprint density at radius 2 is 1.78 bits per heavy atom. The second-order valence-corrected chi connectivity index (χ2v) is 5.80. The first-order valence-corrected chi connectivity index (χ1v) is 6.68. The van der Waals surface area contributed by atoms with Crippen LogP contribution in [0.3, 0.4) is 0 Å². The van der Waals surface area contributed by atoms with Crippen molar-refractivity contribution in [2.24, 2.45) is 11.8 Å². The average Bonchev–Trinajstić information content (AvgIpc) is 2.24. The van der Waals surface area contributed by atoms with Gasteiger partial charge in [-0.15, -0.1) is 0 Å². The van der Waals surface area contributed by atoms with Crippen molar-refractivity contribution in [3.05, 3.63) is 23.5 Å². The Labute approximate surface area is 108 Å². The molecule has 0 amide bonds. The molecule has 2 N–H and O–H groups in total. The van der Waals surface area contributed by atoms with Crippen LogP contribution in [-0.2, 0) is 0 Å². The van der Waals surface area contributed by atoms with Crippen LogP contribution in [-0.4, -0.2) is 6.10 Å². The molecule has 1 aromatic rings. The van der Waals surface area contributed by atoms with Crippen LogP contribution in [0.1, 0.15) is 38.7 Å². The number of benzene rings is 1. The highest BCUT2D eigenvalue weighted by molar-refractivity contribution is 5.50. The molecule has 0 radical (unpaired) electrons. The fourth-order valence-corrected chi connectivity index (χ4v) is 2.91. The van der Waals surface area contributed by atoms with Crippen molar-refractivity contribution >= 4 is 5.69 Å². The van der Waals surface area contributed by atoms with E-state index in [4.69, 9.17) is 10.5 Å². The number of halogens is 1. The molecular formula is C15H22FNO. The third-order valence-electron chi connectivity index (χ3n) is 3.75. The van der Waals surface area contributed by atoms with Gasteiger partial charge in [-0.1, -0.05) is 13.8 Å². The zero-order valence-electron chi connectivity index (χ0n) is 11.4. The first-order chi connectivity index (χ1) is 8.45. The molecule has 2 nitrogen and oxygen atoms in total. The number of ether oxygens (including phenoxy) is 1. The van der Waals surface area contributed by atoms with E-state index in [2.05, 4.69) is 13.8 Å². The summed E-state index contributed by atoms with van der Waals surface area (Å²) in [5, 5.41) is 0. The molecule has 0 aliphatic heterocycles. The molecule has 1 saturated carbocycles. The number of hydrogen-bond donors (Lipinski definition) is 1. The molecule has 0 spiro atoms. The van der Waals surface area contributed by atoms with Gasteiger partial charge in [0.15, 0.2) is 11.6 Å². The first kappa shape index (κ1) is 13.2. The molecule has 0 aromatic heterocycles. The van der Waals surface area contributed by atoms with Crippen LogP contribution in [0.15, 0.2) is 12.1 Å². The maximum atomic E-state index is 13.8. The summed E-state index contributed by atoms with van der Waals surface area (Å²) in [6.07, 6.45) is 3.38. The lowest BCUT2D eigenvalue weighted by Gasteiger charge is -2.31. The standard InChI is InChI=1S/C15H22FNO/c1-9-4-10(2)6-12(5-9)18-15-7-11(3)14(17)8-13(15)16/h7-10,12H,4-6,17H2,1-3H3. The van der Waals surface area contributed by atoms with Gasteiger partial charge in [-0.3, -0.25) is 0 Å². The van der Waals surface area contributed by atoms with Crippen LogP contribution in [0.4, 0.5) is 10.1 Å². The zero-order valence-corrected chi connectivity index (χ0v) is 11.4. The van der Waals surface area contributed by atoms with Gasteiger partial charge in [-0.05, 0) is 49.7 Å². The highest BCUT2D eigenvalue weighted by Crippen LogP contribution is 2.33. The van der Waals surface area contributed by atoms with E-state index >= 15 is 0 Å². The normalized spacial score (nSPS) is 28.1. The summed E-state index contributed by atoms with van der Waals surface area (Å²) in [7, 11) is 0. The second-order valence-electron chi connectivity index (χ2n) is 5.80. The van der Waals surface area contributed by atoms with Crippen LogP contribution >= 0.6 is 0 Å². The summed E-state index contributed by atoms with van der Waals surface area (Å²) in [5.74, 6) is 1.28. The number of nitrogens with two attached hydrogens (primary N) is 1. The topological polar surface area (TPSA) is 35.2 Å². The zero-order chi connectivity index (χ0) is 13.3. The largest absolute Gasteiger partial charge is 0.487 e. The smallest absolute Gasteiger partial charge is 0.167 e. The third-order valence-corrected chi connectivity index (χ3v) is 3.75. The molecule has 1 aliphatic rings. The summed E-state index contributed by atoms with van der Waals surface area (Å²) in [6.45, 7) is 6.33. The molecule has 0 bridgehead atoms. The summed E-state index contributed by atoms with van der Waals surface area (Å²) in [6, 6.07) is 3.05. The summed E-state index contributed by atoms with van der Waals surface area (Å²) in [4.78, 5) is 0. The van der Waals surface area contributed by atoms with Crippen molar-refractivity contribution in [2.45, 2.75) is 46.1 Å². The molecule has 2 atom stereocenters. The molecule has 2 unspecified atom stereocenters. The summed E-state index contributed by atoms with van der Waals surface area (Å²) in [5.41, 5.74) is 7.01. The Hall–Kier alpha value is -1.25. The van der Waals surface area contributed by atoms with Crippen LogP contribution in [0, 0.1) is 24.6 Å². The predicted molar refractivity (Wildman–Crippen MR) is 72.1 cm³/mol.